The highest BCUT2D eigenvalue weighted by Crippen LogP contribution is 2.01. The van der Waals surface area contributed by atoms with Crippen LogP contribution >= 0.6 is 0 Å². The van der Waals surface area contributed by atoms with Crippen LogP contribution in [0.1, 0.15) is 38.2 Å². The Morgan fingerprint density at radius 2 is 1.95 bits per heavy atom. The second-order valence-corrected chi connectivity index (χ2v) is 5.24. The molecule has 0 aliphatic carbocycles. The van der Waals surface area contributed by atoms with Crippen molar-refractivity contribution in [1.29, 1.82) is 0 Å². The number of hydrogen-bond donors (Lipinski definition) is 2. The van der Waals surface area contributed by atoms with Gasteiger partial charge in [-0.05, 0) is 12.0 Å². The fraction of sp³-hybridized carbons (Fsp3) is 0.588. The van der Waals surface area contributed by atoms with Crippen LogP contribution in [0.15, 0.2) is 30.3 Å². The number of aliphatic hydroxyl groups is 1. The fourth-order valence-electron chi connectivity index (χ4n) is 1.90. The standard InChI is InChI=1S/C17H27NO4/c1-2-3-4-8-11-18-17(20)22-14-16(19)13-21-12-15-9-6-5-7-10-15/h5-7,9-10,16,19H,2-4,8,11-14H2,1H3,(H,18,20). The number of nitrogens with one attached hydrogen (secondary N) is 1. The summed E-state index contributed by atoms with van der Waals surface area (Å²) in [4.78, 5) is 11.4. The molecule has 0 radical (unpaired) electrons. The summed E-state index contributed by atoms with van der Waals surface area (Å²) in [5.41, 5.74) is 1.04. The van der Waals surface area contributed by atoms with Gasteiger partial charge in [-0.15, -0.1) is 0 Å². The first-order valence-corrected chi connectivity index (χ1v) is 7.92. The molecule has 1 rings (SSSR count). The Morgan fingerprint density at radius 3 is 2.68 bits per heavy atom. The Kier molecular flexibility index (Phi) is 10.1. The zero-order valence-electron chi connectivity index (χ0n) is 13.3. The van der Waals surface area contributed by atoms with E-state index in [1.807, 2.05) is 30.3 Å². The lowest BCUT2D eigenvalue weighted by Gasteiger charge is -2.12. The highest BCUT2D eigenvalue weighted by atomic mass is 16.6. The Hall–Kier alpha value is -1.59. The molecule has 0 fully saturated rings. The molecule has 0 heterocycles. The van der Waals surface area contributed by atoms with Crippen LogP contribution in [0, 0.1) is 0 Å². The number of carbonyl (C=O) groups is 1. The molecule has 124 valence electrons. The van der Waals surface area contributed by atoms with E-state index in [1.54, 1.807) is 0 Å². The number of ether oxygens (including phenoxy) is 2. The molecule has 1 aromatic carbocycles. The van der Waals surface area contributed by atoms with Crippen molar-refractivity contribution in [3.05, 3.63) is 35.9 Å². The summed E-state index contributed by atoms with van der Waals surface area (Å²) in [5, 5.41) is 12.4. The van der Waals surface area contributed by atoms with Crippen LogP contribution in [-0.2, 0) is 16.1 Å². The lowest BCUT2D eigenvalue weighted by molar-refractivity contribution is -0.00552. The summed E-state index contributed by atoms with van der Waals surface area (Å²) < 4.78 is 10.3. The molecule has 1 atom stereocenters. The second-order valence-electron chi connectivity index (χ2n) is 5.24. The average Bonchev–Trinajstić information content (AvgIpc) is 2.54. The van der Waals surface area contributed by atoms with Crippen molar-refractivity contribution in [2.24, 2.45) is 0 Å². The van der Waals surface area contributed by atoms with Crippen LogP contribution in [0.3, 0.4) is 0 Å². The Balaban J connectivity index is 2.00. The van der Waals surface area contributed by atoms with Gasteiger partial charge in [-0.25, -0.2) is 4.79 Å². The summed E-state index contributed by atoms with van der Waals surface area (Å²) in [6, 6.07) is 9.71. The van der Waals surface area contributed by atoms with Gasteiger partial charge in [-0.1, -0.05) is 56.5 Å². The van der Waals surface area contributed by atoms with Crippen molar-refractivity contribution < 1.29 is 19.4 Å². The number of amides is 1. The van der Waals surface area contributed by atoms with E-state index in [2.05, 4.69) is 12.2 Å². The third-order valence-electron chi connectivity index (χ3n) is 3.13. The first kappa shape index (κ1) is 18.5. The number of hydrogen-bond acceptors (Lipinski definition) is 4. The van der Waals surface area contributed by atoms with Gasteiger partial charge in [0.15, 0.2) is 0 Å². The molecule has 1 unspecified atom stereocenters. The number of benzene rings is 1. The summed E-state index contributed by atoms with van der Waals surface area (Å²) in [6.07, 6.45) is 3.10. The molecule has 1 amide bonds. The second kappa shape index (κ2) is 12.0. The quantitative estimate of drug-likeness (QED) is 0.617. The van der Waals surface area contributed by atoms with E-state index in [0.29, 0.717) is 13.2 Å². The van der Waals surface area contributed by atoms with Crippen molar-refractivity contribution in [2.45, 2.75) is 45.3 Å². The van der Waals surface area contributed by atoms with E-state index in [4.69, 9.17) is 9.47 Å². The summed E-state index contributed by atoms with van der Waals surface area (Å²) >= 11 is 0. The molecule has 0 saturated heterocycles. The molecule has 1 aromatic rings. The normalized spacial score (nSPS) is 11.9. The van der Waals surface area contributed by atoms with E-state index in [-0.39, 0.29) is 13.2 Å². The van der Waals surface area contributed by atoms with Crippen molar-refractivity contribution in [1.82, 2.24) is 5.32 Å². The predicted molar refractivity (Wildman–Crippen MR) is 85.6 cm³/mol. The van der Waals surface area contributed by atoms with E-state index >= 15 is 0 Å². The SMILES string of the molecule is CCCCCCNC(=O)OCC(O)COCc1ccccc1. The van der Waals surface area contributed by atoms with Gasteiger partial charge >= 0.3 is 6.09 Å². The van der Waals surface area contributed by atoms with Crippen molar-refractivity contribution in [3.63, 3.8) is 0 Å². The first-order chi connectivity index (χ1) is 10.7. The third-order valence-corrected chi connectivity index (χ3v) is 3.13. The van der Waals surface area contributed by atoms with Gasteiger partial charge in [0.05, 0.1) is 13.2 Å². The Morgan fingerprint density at radius 1 is 1.18 bits per heavy atom. The molecule has 5 nitrogen and oxygen atoms in total. The maximum Gasteiger partial charge on any atom is 0.407 e. The molecule has 0 spiro atoms. The number of rotatable bonds is 11. The van der Waals surface area contributed by atoms with Gasteiger partial charge in [0.2, 0.25) is 0 Å². The third kappa shape index (κ3) is 9.37. The lowest BCUT2D eigenvalue weighted by Crippen LogP contribution is -2.30. The van der Waals surface area contributed by atoms with E-state index in [0.717, 1.165) is 18.4 Å². The van der Waals surface area contributed by atoms with E-state index < -0.39 is 12.2 Å². The Labute approximate surface area is 132 Å². The van der Waals surface area contributed by atoms with Gasteiger partial charge in [0.1, 0.15) is 12.7 Å². The van der Waals surface area contributed by atoms with Crippen LogP contribution < -0.4 is 5.32 Å². The minimum absolute atomic E-state index is 0.0599. The first-order valence-electron chi connectivity index (χ1n) is 7.92. The van der Waals surface area contributed by atoms with Gasteiger partial charge in [0, 0.05) is 6.54 Å². The van der Waals surface area contributed by atoms with Gasteiger partial charge in [-0.2, -0.15) is 0 Å². The topological polar surface area (TPSA) is 67.8 Å². The molecule has 2 N–H and O–H groups in total. The molecular formula is C17H27NO4. The molecule has 22 heavy (non-hydrogen) atoms. The van der Waals surface area contributed by atoms with E-state index in [1.165, 1.54) is 12.8 Å². The highest BCUT2D eigenvalue weighted by Gasteiger charge is 2.08. The molecule has 0 saturated carbocycles. The van der Waals surface area contributed by atoms with Crippen molar-refractivity contribution in [3.8, 4) is 0 Å². The summed E-state index contributed by atoms with van der Waals surface area (Å²) in [5.74, 6) is 0. The lowest BCUT2D eigenvalue weighted by atomic mass is 10.2. The molecular weight excluding hydrogens is 282 g/mol. The number of unbranched alkanes of at least 4 members (excludes halogenated alkanes) is 3. The molecule has 0 bridgehead atoms. The molecule has 0 aliphatic rings. The summed E-state index contributed by atoms with van der Waals surface area (Å²) in [6.45, 7) is 3.26. The average molecular weight is 309 g/mol. The van der Waals surface area contributed by atoms with Crippen molar-refractivity contribution >= 4 is 6.09 Å². The van der Waals surface area contributed by atoms with E-state index in [9.17, 15) is 9.90 Å². The van der Waals surface area contributed by atoms with Crippen LogP contribution in [0.2, 0.25) is 0 Å². The highest BCUT2D eigenvalue weighted by molar-refractivity contribution is 5.67. The number of alkyl carbamates (subject to hydrolysis) is 1. The van der Waals surface area contributed by atoms with Gasteiger partial charge in [-0.3, -0.25) is 0 Å². The number of carbonyl (C=O) groups excluding carboxylic acids is 1. The van der Waals surface area contributed by atoms with Gasteiger partial charge in [0.25, 0.3) is 0 Å². The minimum Gasteiger partial charge on any atom is -0.447 e. The zero-order chi connectivity index (χ0) is 16.0. The fourth-order valence-corrected chi connectivity index (χ4v) is 1.90. The predicted octanol–water partition coefficient (Wildman–Crippen LogP) is 2.87. The van der Waals surface area contributed by atoms with Crippen LogP contribution in [-0.4, -0.2) is 37.1 Å². The zero-order valence-corrected chi connectivity index (χ0v) is 13.3. The Bertz CT molecular complexity index is 397. The maximum atomic E-state index is 11.4. The summed E-state index contributed by atoms with van der Waals surface area (Å²) in [7, 11) is 0. The number of aliphatic hydroxyl groups excluding tert-OH is 1. The van der Waals surface area contributed by atoms with Crippen LogP contribution in [0.4, 0.5) is 4.79 Å². The maximum absolute atomic E-state index is 11.4. The minimum atomic E-state index is -0.811. The molecule has 0 aliphatic heterocycles. The van der Waals surface area contributed by atoms with Gasteiger partial charge < -0.3 is 19.9 Å². The molecule has 0 aromatic heterocycles. The van der Waals surface area contributed by atoms with Crippen molar-refractivity contribution in [2.75, 3.05) is 19.8 Å². The smallest absolute Gasteiger partial charge is 0.407 e. The van der Waals surface area contributed by atoms with Crippen LogP contribution in [0.25, 0.3) is 0 Å². The largest absolute Gasteiger partial charge is 0.447 e. The monoisotopic (exact) mass is 309 g/mol. The molecule has 5 heteroatoms. The van der Waals surface area contributed by atoms with Crippen LogP contribution in [0.5, 0.6) is 0 Å².